The van der Waals surface area contributed by atoms with Crippen molar-refractivity contribution in [2.45, 2.75) is 43.5 Å². The van der Waals surface area contributed by atoms with Crippen LogP contribution in [0.5, 0.6) is 0 Å². The lowest BCUT2D eigenvalue weighted by atomic mass is 9.89. The maximum Gasteiger partial charge on any atom is 0.318 e. The first kappa shape index (κ1) is 21.5. The number of rotatable bonds is 4. The third-order valence-corrected chi connectivity index (χ3v) is 7.49. The number of nitrogens with one attached hydrogen (secondary N) is 1. The number of nitrogens with two attached hydrogens (primary N) is 1. The normalized spacial score (nSPS) is 16.7. The number of thiophene rings is 1. The molecule has 0 fully saturated rings. The van der Waals surface area contributed by atoms with E-state index in [9.17, 15) is 18.8 Å². The van der Waals surface area contributed by atoms with Gasteiger partial charge in [-0.3, -0.25) is 19.5 Å². The quantitative estimate of drug-likeness (QED) is 0.458. The Morgan fingerprint density at radius 1 is 1.39 bits per heavy atom. The molecule has 0 bridgehead atoms. The molecule has 2 unspecified atom stereocenters. The second kappa shape index (κ2) is 8.43. The third kappa shape index (κ3) is 4.09. The van der Waals surface area contributed by atoms with Crippen molar-refractivity contribution >= 4 is 45.3 Å². The molecule has 7 nitrogen and oxygen atoms in total. The van der Waals surface area contributed by atoms with Gasteiger partial charge in [0.15, 0.2) is 5.16 Å². The van der Waals surface area contributed by atoms with Gasteiger partial charge in [0.05, 0.1) is 16.3 Å². The Morgan fingerprint density at radius 2 is 2.13 bits per heavy atom. The summed E-state index contributed by atoms with van der Waals surface area (Å²) in [6, 6.07) is 4.99. The molecule has 2 aromatic heterocycles. The van der Waals surface area contributed by atoms with E-state index in [1.165, 1.54) is 28.0 Å². The summed E-state index contributed by atoms with van der Waals surface area (Å²) in [7, 11) is 0. The van der Waals surface area contributed by atoms with Gasteiger partial charge in [-0.05, 0) is 49.8 Å². The van der Waals surface area contributed by atoms with Gasteiger partial charge >= 0.3 is 6.03 Å². The zero-order valence-electron chi connectivity index (χ0n) is 17.0. The number of amides is 3. The van der Waals surface area contributed by atoms with Crippen LogP contribution < -0.4 is 16.6 Å². The molecule has 2 heterocycles. The van der Waals surface area contributed by atoms with Crippen molar-refractivity contribution in [1.29, 1.82) is 0 Å². The number of nitrogens with zero attached hydrogens (tertiary/aromatic N) is 2. The Hall–Kier alpha value is -2.72. The van der Waals surface area contributed by atoms with Crippen LogP contribution in [0.2, 0.25) is 0 Å². The Morgan fingerprint density at radius 3 is 2.84 bits per heavy atom. The number of urea groups is 1. The summed E-state index contributed by atoms with van der Waals surface area (Å²) in [6.45, 7) is 3.74. The van der Waals surface area contributed by atoms with Gasteiger partial charge in [-0.25, -0.2) is 14.2 Å². The molecular formula is C21H21FN4O3S2. The van der Waals surface area contributed by atoms with Crippen LogP contribution in [0.3, 0.4) is 0 Å². The van der Waals surface area contributed by atoms with Crippen LogP contribution in [0.15, 0.2) is 34.2 Å². The first-order valence-corrected chi connectivity index (χ1v) is 11.5. The van der Waals surface area contributed by atoms with Gasteiger partial charge in [-0.15, -0.1) is 11.3 Å². The summed E-state index contributed by atoms with van der Waals surface area (Å²) < 4.78 is 15.9. The maximum absolute atomic E-state index is 14.7. The van der Waals surface area contributed by atoms with Crippen LogP contribution in [0.1, 0.15) is 30.7 Å². The van der Waals surface area contributed by atoms with Crippen molar-refractivity contribution in [3.05, 3.63) is 50.9 Å². The zero-order chi connectivity index (χ0) is 22.3. The van der Waals surface area contributed by atoms with Gasteiger partial charge < -0.3 is 5.73 Å². The molecule has 10 heteroatoms. The summed E-state index contributed by atoms with van der Waals surface area (Å²) in [5.74, 6) is -0.661. The van der Waals surface area contributed by atoms with Crippen LogP contribution in [-0.4, -0.2) is 26.7 Å². The minimum atomic E-state index is -0.965. The number of para-hydroxylation sites is 1. The summed E-state index contributed by atoms with van der Waals surface area (Å²) in [5, 5.41) is 1.94. The highest BCUT2D eigenvalue weighted by atomic mass is 32.2. The minimum absolute atomic E-state index is 0.0658. The molecule has 1 aliphatic rings. The molecule has 1 aliphatic carbocycles. The van der Waals surface area contributed by atoms with Crippen molar-refractivity contribution < 1.29 is 14.0 Å². The van der Waals surface area contributed by atoms with E-state index < -0.39 is 23.0 Å². The molecule has 3 aromatic rings. The Kier molecular flexibility index (Phi) is 5.85. The molecule has 1 aromatic carbocycles. The first-order valence-electron chi connectivity index (χ1n) is 9.85. The number of carbonyl (C=O) groups is 2. The van der Waals surface area contributed by atoms with Crippen LogP contribution >= 0.6 is 23.1 Å². The highest BCUT2D eigenvalue weighted by molar-refractivity contribution is 8.00. The molecule has 0 radical (unpaired) electrons. The zero-order valence-corrected chi connectivity index (χ0v) is 18.6. The monoisotopic (exact) mass is 460 g/mol. The molecule has 162 valence electrons. The lowest BCUT2D eigenvalue weighted by Crippen LogP contribution is -2.39. The number of aryl methyl sites for hydroxylation is 1. The Labute approximate surface area is 185 Å². The molecule has 31 heavy (non-hydrogen) atoms. The predicted octanol–water partition coefficient (Wildman–Crippen LogP) is 3.39. The van der Waals surface area contributed by atoms with E-state index in [0.29, 0.717) is 16.1 Å². The van der Waals surface area contributed by atoms with E-state index in [4.69, 9.17) is 5.73 Å². The molecular weight excluding hydrogens is 439 g/mol. The van der Waals surface area contributed by atoms with Crippen LogP contribution in [0.25, 0.3) is 15.9 Å². The maximum atomic E-state index is 14.7. The molecule has 0 saturated heterocycles. The number of imide groups is 1. The van der Waals surface area contributed by atoms with Crippen molar-refractivity contribution in [2.75, 3.05) is 0 Å². The summed E-state index contributed by atoms with van der Waals surface area (Å²) in [4.78, 5) is 43.2. The van der Waals surface area contributed by atoms with Gasteiger partial charge in [0.25, 0.3) is 5.56 Å². The van der Waals surface area contributed by atoms with E-state index in [1.54, 1.807) is 19.1 Å². The highest BCUT2D eigenvalue weighted by Gasteiger charge is 2.27. The smallest absolute Gasteiger partial charge is 0.318 e. The van der Waals surface area contributed by atoms with E-state index >= 15 is 0 Å². The fraction of sp³-hybridized carbons (Fsp3) is 0.333. The summed E-state index contributed by atoms with van der Waals surface area (Å²) in [5.41, 5.74) is 5.74. The van der Waals surface area contributed by atoms with Gasteiger partial charge in [0, 0.05) is 4.88 Å². The number of benzene rings is 1. The lowest BCUT2D eigenvalue weighted by Gasteiger charge is -2.18. The number of fused-ring (bicyclic) bond motifs is 3. The second-order valence-corrected chi connectivity index (χ2v) is 10.0. The SMILES string of the molecule is CC1CCc2c(sc3nc(SC(C)C(=O)NC(N)=O)n(-c4ccccc4F)c(=O)c23)C1. The number of halogens is 1. The number of thioether (sulfide) groups is 1. The fourth-order valence-electron chi connectivity index (χ4n) is 3.73. The van der Waals surface area contributed by atoms with Gasteiger partial charge in [-0.2, -0.15) is 0 Å². The number of hydrogen-bond acceptors (Lipinski definition) is 6. The van der Waals surface area contributed by atoms with E-state index in [2.05, 4.69) is 11.9 Å². The van der Waals surface area contributed by atoms with Gasteiger partial charge in [0.2, 0.25) is 5.91 Å². The lowest BCUT2D eigenvalue weighted by molar-refractivity contribution is -0.119. The fourth-order valence-corrected chi connectivity index (χ4v) is 6.07. The average Bonchev–Trinajstić information content (AvgIpc) is 3.06. The van der Waals surface area contributed by atoms with Crippen LogP contribution in [0.4, 0.5) is 9.18 Å². The standard InChI is InChI=1S/C21H21FN4O3S2/c1-10-7-8-12-15(9-10)31-18-16(12)19(28)26(14-6-4-3-5-13(14)22)21(25-18)30-11(2)17(27)24-20(23)29/h3-6,10-11H,7-9H2,1-2H3,(H3,23,24,27,29). The molecule has 0 aliphatic heterocycles. The molecule has 0 saturated carbocycles. The average molecular weight is 461 g/mol. The number of aromatic nitrogens is 2. The number of carbonyl (C=O) groups excluding carboxylic acids is 2. The van der Waals surface area contributed by atoms with Crippen molar-refractivity contribution in [3.8, 4) is 5.69 Å². The molecule has 2 atom stereocenters. The van der Waals surface area contributed by atoms with Crippen LogP contribution in [0, 0.1) is 11.7 Å². The number of primary amides is 1. The Balaban J connectivity index is 1.91. The van der Waals surface area contributed by atoms with E-state index in [0.717, 1.165) is 41.5 Å². The van der Waals surface area contributed by atoms with E-state index in [-0.39, 0.29) is 16.4 Å². The first-order chi connectivity index (χ1) is 14.8. The minimum Gasteiger partial charge on any atom is -0.351 e. The number of hydrogen-bond donors (Lipinski definition) is 2. The summed E-state index contributed by atoms with van der Waals surface area (Å²) >= 11 is 2.45. The third-order valence-electron chi connectivity index (χ3n) is 5.29. The molecule has 4 rings (SSSR count). The van der Waals surface area contributed by atoms with Crippen LogP contribution in [-0.2, 0) is 17.6 Å². The second-order valence-electron chi connectivity index (χ2n) is 7.63. The predicted molar refractivity (Wildman–Crippen MR) is 119 cm³/mol. The topological polar surface area (TPSA) is 107 Å². The molecule has 3 amide bonds. The molecule has 3 N–H and O–H groups in total. The Bertz CT molecular complexity index is 1250. The summed E-state index contributed by atoms with van der Waals surface area (Å²) in [6.07, 6.45) is 2.66. The van der Waals surface area contributed by atoms with E-state index in [1.807, 2.05) is 5.32 Å². The largest absolute Gasteiger partial charge is 0.351 e. The van der Waals surface area contributed by atoms with Crippen molar-refractivity contribution in [1.82, 2.24) is 14.9 Å². The van der Waals surface area contributed by atoms with Crippen molar-refractivity contribution in [2.24, 2.45) is 11.7 Å². The highest BCUT2D eigenvalue weighted by Crippen LogP contribution is 2.37. The van der Waals surface area contributed by atoms with Gasteiger partial charge in [-0.1, -0.05) is 30.8 Å². The van der Waals surface area contributed by atoms with Crippen molar-refractivity contribution in [3.63, 3.8) is 0 Å². The van der Waals surface area contributed by atoms with Gasteiger partial charge in [0.1, 0.15) is 10.6 Å². The molecule has 0 spiro atoms.